The Morgan fingerprint density at radius 1 is 1.28 bits per heavy atom. The third-order valence-corrected chi connectivity index (χ3v) is 4.48. The summed E-state index contributed by atoms with van der Waals surface area (Å²) in [5.41, 5.74) is 0.613. The number of aromatic nitrogens is 1. The Balaban J connectivity index is 1.99. The summed E-state index contributed by atoms with van der Waals surface area (Å²) in [4.78, 5) is 30.0. The topological polar surface area (TPSA) is 50.3 Å². The second-order valence-corrected chi connectivity index (χ2v) is 5.98. The van der Waals surface area contributed by atoms with Gasteiger partial charge in [-0.15, -0.1) is 0 Å². The first-order valence-electron chi connectivity index (χ1n) is 6.07. The van der Waals surface area contributed by atoms with Gasteiger partial charge in [-0.3, -0.25) is 14.6 Å². The van der Waals surface area contributed by atoms with Gasteiger partial charge in [0.15, 0.2) is 0 Å². The molecule has 2 unspecified atom stereocenters. The van der Waals surface area contributed by atoms with Crippen LogP contribution in [0.25, 0.3) is 0 Å². The van der Waals surface area contributed by atoms with Crippen molar-refractivity contribution in [2.24, 2.45) is 17.8 Å². The van der Waals surface area contributed by atoms with E-state index in [1.54, 1.807) is 18.5 Å². The lowest BCUT2D eigenvalue weighted by molar-refractivity contribution is -0.123. The molecule has 0 spiro atoms. The number of fused-ring (bicyclic) bond motifs is 1. The smallest absolute Gasteiger partial charge is 0.237 e. The maximum atomic E-state index is 12.4. The number of rotatable bonds is 1. The predicted molar refractivity (Wildman–Crippen MR) is 69.8 cm³/mol. The molecule has 4 nitrogen and oxygen atoms in total. The van der Waals surface area contributed by atoms with E-state index < -0.39 is 0 Å². The zero-order chi connectivity index (χ0) is 12.9. The van der Waals surface area contributed by atoms with E-state index in [0.717, 1.165) is 12.8 Å². The van der Waals surface area contributed by atoms with Crippen molar-refractivity contribution in [3.8, 4) is 0 Å². The zero-order valence-electron chi connectivity index (χ0n) is 9.97. The number of hydrogen-bond donors (Lipinski definition) is 0. The molecule has 1 aliphatic heterocycles. The van der Waals surface area contributed by atoms with Gasteiger partial charge < -0.3 is 0 Å². The van der Waals surface area contributed by atoms with Gasteiger partial charge in [0, 0.05) is 12.4 Å². The number of anilines is 1. The third kappa shape index (κ3) is 1.61. The Morgan fingerprint density at radius 2 is 1.89 bits per heavy atom. The highest BCUT2D eigenvalue weighted by atomic mass is 79.9. The fraction of sp³-hybridized carbons (Fsp3) is 0.462. The minimum absolute atomic E-state index is 0.0544. The van der Waals surface area contributed by atoms with E-state index in [1.807, 2.05) is 0 Å². The first-order valence-corrected chi connectivity index (χ1v) is 6.86. The number of hydrogen-bond acceptors (Lipinski definition) is 3. The molecule has 2 atom stereocenters. The zero-order valence-corrected chi connectivity index (χ0v) is 11.6. The lowest BCUT2D eigenvalue weighted by Crippen LogP contribution is -2.32. The van der Waals surface area contributed by atoms with Crippen molar-refractivity contribution in [1.29, 1.82) is 0 Å². The molecule has 0 bridgehead atoms. The maximum absolute atomic E-state index is 12.4. The lowest BCUT2D eigenvalue weighted by Gasteiger charge is -2.17. The minimum Gasteiger partial charge on any atom is -0.274 e. The van der Waals surface area contributed by atoms with E-state index in [-0.39, 0.29) is 23.7 Å². The molecule has 1 saturated heterocycles. The second kappa shape index (κ2) is 4.16. The summed E-state index contributed by atoms with van der Waals surface area (Å²) in [6.07, 6.45) is 4.85. The number of pyridine rings is 1. The quantitative estimate of drug-likeness (QED) is 0.748. The third-order valence-electron chi connectivity index (χ3n) is 3.87. The molecule has 2 aliphatic rings. The average molecular weight is 309 g/mol. The molecule has 3 rings (SSSR count). The monoisotopic (exact) mass is 308 g/mol. The molecule has 1 aromatic rings. The molecule has 2 fully saturated rings. The second-order valence-electron chi connectivity index (χ2n) is 5.13. The molecule has 0 radical (unpaired) electrons. The fourth-order valence-corrected chi connectivity index (χ4v) is 3.49. The van der Waals surface area contributed by atoms with Gasteiger partial charge in [0.1, 0.15) is 0 Å². The van der Waals surface area contributed by atoms with Crippen LogP contribution in [0.2, 0.25) is 0 Å². The van der Waals surface area contributed by atoms with Crippen LogP contribution in [-0.2, 0) is 9.59 Å². The van der Waals surface area contributed by atoms with Crippen LogP contribution in [0, 0.1) is 17.8 Å². The summed E-state index contributed by atoms with van der Waals surface area (Å²) < 4.78 is 0.680. The highest BCUT2D eigenvalue weighted by molar-refractivity contribution is 9.10. The van der Waals surface area contributed by atoms with Gasteiger partial charge in [-0.1, -0.05) is 6.92 Å². The van der Waals surface area contributed by atoms with Crippen molar-refractivity contribution in [1.82, 2.24) is 4.98 Å². The van der Waals surface area contributed by atoms with Crippen LogP contribution in [0.5, 0.6) is 0 Å². The SMILES string of the molecule is CC1CC2C(=O)N(c3ccncc3Br)C(=O)C2C1. The van der Waals surface area contributed by atoms with Gasteiger partial charge in [0.2, 0.25) is 11.8 Å². The largest absolute Gasteiger partial charge is 0.274 e. The molecule has 94 valence electrons. The molecule has 1 aliphatic carbocycles. The Labute approximate surface area is 114 Å². The van der Waals surface area contributed by atoms with Crippen molar-refractivity contribution in [2.45, 2.75) is 19.8 Å². The van der Waals surface area contributed by atoms with Crippen molar-refractivity contribution < 1.29 is 9.59 Å². The summed E-state index contributed by atoms with van der Waals surface area (Å²) >= 11 is 3.34. The van der Waals surface area contributed by atoms with E-state index in [4.69, 9.17) is 0 Å². The molecule has 0 aromatic carbocycles. The molecule has 2 heterocycles. The van der Waals surface area contributed by atoms with Gasteiger partial charge in [0.25, 0.3) is 0 Å². The number of amides is 2. The van der Waals surface area contributed by atoms with E-state index in [2.05, 4.69) is 27.8 Å². The maximum Gasteiger partial charge on any atom is 0.237 e. The van der Waals surface area contributed by atoms with Gasteiger partial charge in [-0.25, -0.2) is 4.90 Å². The number of halogens is 1. The van der Waals surface area contributed by atoms with Gasteiger partial charge in [-0.05, 0) is 40.8 Å². The van der Waals surface area contributed by atoms with Crippen molar-refractivity contribution in [2.75, 3.05) is 4.90 Å². The molecular weight excluding hydrogens is 296 g/mol. The van der Waals surface area contributed by atoms with E-state index in [9.17, 15) is 9.59 Å². The molecule has 2 amide bonds. The van der Waals surface area contributed by atoms with Crippen molar-refractivity contribution in [3.63, 3.8) is 0 Å². The van der Waals surface area contributed by atoms with Crippen LogP contribution in [0.15, 0.2) is 22.9 Å². The average Bonchev–Trinajstić information content (AvgIpc) is 2.82. The molecule has 0 N–H and O–H groups in total. The Kier molecular flexibility index (Phi) is 2.73. The van der Waals surface area contributed by atoms with E-state index in [1.165, 1.54) is 4.90 Å². The summed E-state index contributed by atoms with van der Waals surface area (Å²) in [6.45, 7) is 2.10. The van der Waals surface area contributed by atoms with Crippen molar-refractivity contribution >= 4 is 33.4 Å². The molecule has 5 heteroatoms. The first kappa shape index (κ1) is 11.8. The van der Waals surface area contributed by atoms with Crippen LogP contribution < -0.4 is 4.90 Å². The summed E-state index contributed by atoms with van der Waals surface area (Å²) in [7, 11) is 0. The normalized spacial score (nSPS) is 31.0. The fourth-order valence-electron chi connectivity index (χ4n) is 3.06. The van der Waals surface area contributed by atoms with Gasteiger partial charge >= 0.3 is 0 Å². The highest BCUT2D eigenvalue weighted by Gasteiger charge is 2.52. The van der Waals surface area contributed by atoms with E-state index in [0.29, 0.717) is 16.1 Å². The van der Waals surface area contributed by atoms with Crippen LogP contribution in [-0.4, -0.2) is 16.8 Å². The summed E-state index contributed by atoms with van der Waals surface area (Å²) in [5.74, 6) is 0.124. The predicted octanol–water partition coefficient (Wildman–Crippen LogP) is 2.38. The van der Waals surface area contributed by atoms with Crippen molar-refractivity contribution in [3.05, 3.63) is 22.9 Å². The molecule has 18 heavy (non-hydrogen) atoms. The van der Waals surface area contributed by atoms with Crippen LogP contribution in [0.3, 0.4) is 0 Å². The number of carbonyl (C=O) groups excluding carboxylic acids is 2. The number of imide groups is 1. The van der Waals surface area contributed by atoms with Gasteiger partial charge in [0.05, 0.1) is 22.0 Å². The van der Waals surface area contributed by atoms with Gasteiger partial charge in [-0.2, -0.15) is 0 Å². The van der Waals surface area contributed by atoms with E-state index >= 15 is 0 Å². The summed E-state index contributed by atoms with van der Waals surface area (Å²) in [5, 5.41) is 0. The standard InChI is InChI=1S/C13H13BrN2O2/c1-7-4-8-9(5-7)13(18)16(12(8)17)11-2-3-15-6-10(11)14/h2-3,6-9H,4-5H2,1H3. The van der Waals surface area contributed by atoms with Crippen LogP contribution >= 0.6 is 15.9 Å². The lowest BCUT2D eigenvalue weighted by atomic mass is 10.00. The Hall–Kier alpha value is -1.23. The van der Waals surface area contributed by atoms with Crippen LogP contribution in [0.1, 0.15) is 19.8 Å². The Morgan fingerprint density at radius 3 is 2.44 bits per heavy atom. The molecule has 1 saturated carbocycles. The van der Waals surface area contributed by atoms with Crippen LogP contribution in [0.4, 0.5) is 5.69 Å². The first-order chi connectivity index (χ1) is 8.59. The minimum atomic E-state index is -0.118. The number of nitrogens with zero attached hydrogens (tertiary/aromatic N) is 2. The Bertz CT molecular complexity index is 507. The number of carbonyl (C=O) groups is 2. The highest BCUT2D eigenvalue weighted by Crippen LogP contribution is 2.45. The molecule has 1 aromatic heterocycles. The summed E-state index contributed by atoms with van der Waals surface area (Å²) in [6, 6.07) is 1.70. The molecular formula is C13H13BrN2O2.